The third-order valence-electron chi connectivity index (χ3n) is 2.86. The van der Waals surface area contributed by atoms with Gasteiger partial charge in [0.15, 0.2) is 10.8 Å². The Kier molecular flexibility index (Phi) is 5.02. The molecule has 0 bridgehead atoms. The maximum atomic E-state index is 12.1. The Labute approximate surface area is 135 Å². The van der Waals surface area contributed by atoms with E-state index < -0.39 is 16.8 Å². The molecule has 0 unspecified atom stereocenters. The number of benzene rings is 1. The first kappa shape index (κ1) is 16.6. The van der Waals surface area contributed by atoms with Crippen molar-refractivity contribution < 1.29 is 19.2 Å². The van der Waals surface area contributed by atoms with Crippen LogP contribution in [0.3, 0.4) is 0 Å². The van der Waals surface area contributed by atoms with Crippen molar-refractivity contribution >= 4 is 34.0 Å². The van der Waals surface area contributed by atoms with E-state index in [4.69, 9.17) is 4.74 Å². The molecule has 0 radical (unpaired) electrons. The lowest BCUT2D eigenvalue weighted by molar-refractivity contribution is -0.385. The lowest BCUT2D eigenvalue weighted by atomic mass is 10.1. The summed E-state index contributed by atoms with van der Waals surface area (Å²) in [5, 5.41) is 15.0. The van der Waals surface area contributed by atoms with E-state index in [0.717, 1.165) is 11.3 Å². The number of nitro benzene ring substituents is 1. The van der Waals surface area contributed by atoms with Gasteiger partial charge >= 0.3 is 5.97 Å². The second-order valence-electron chi connectivity index (χ2n) is 4.47. The van der Waals surface area contributed by atoms with E-state index in [1.54, 1.807) is 13.8 Å². The summed E-state index contributed by atoms with van der Waals surface area (Å²) in [6, 6.07) is 4.06. The third kappa shape index (κ3) is 3.89. The zero-order chi connectivity index (χ0) is 17.0. The first-order chi connectivity index (χ1) is 10.9. The van der Waals surface area contributed by atoms with Gasteiger partial charge < -0.3 is 4.74 Å². The Hall–Kier alpha value is -2.81. The van der Waals surface area contributed by atoms with E-state index in [0.29, 0.717) is 5.56 Å². The molecule has 1 aromatic heterocycles. The summed E-state index contributed by atoms with van der Waals surface area (Å²) >= 11 is 1.09. The molecule has 2 aromatic rings. The van der Waals surface area contributed by atoms with Gasteiger partial charge in [0.2, 0.25) is 0 Å². The van der Waals surface area contributed by atoms with E-state index >= 15 is 0 Å². The Balaban J connectivity index is 2.12. The molecule has 1 heterocycles. The summed E-state index contributed by atoms with van der Waals surface area (Å²) < 4.78 is 4.81. The molecule has 120 valence electrons. The number of nitrogens with zero attached hydrogens (tertiary/aromatic N) is 2. The maximum absolute atomic E-state index is 12.1. The Morgan fingerprint density at radius 2 is 2.17 bits per heavy atom. The molecule has 9 heteroatoms. The first-order valence-corrected chi connectivity index (χ1v) is 7.49. The fourth-order valence-electron chi connectivity index (χ4n) is 1.80. The number of hydrogen-bond donors (Lipinski definition) is 1. The second-order valence-corrected chi connectivity index (χ2v) is 5.33. The molecule has 0 aliphatic carbocycles. The van der Waals surface area contributed by atoms with Gasteiger partial charge in [0, 0.05) is 22.6 Å². The molecule has 0 aliphatic heterocycles. The van der Waals surface area contributed by atoms with Crippen molar-refractivity contribution in [2.75, 3.05) is 11.9 Å². The zero-order valence-electron chi connectivity index (χ0n) is 12.4. The Morgan fingerprint density at radius 1 is 1.43 bits per heavy atom. The van der Waals surface area contributed by atoms with Crippen LogP contribution in [0.1, 0.15) is 33.3 Å². The number of thiazole rings is 1. The molecule has 1 amide bonds. The van der Waals surface area contributed by atoms with Crippen LogP contribution in [0.4, 0.5) is 10.8 Å². The van der Waals surface area contributed by atoms with Gasteiger partial charge in [0.25, 0.3) is 11.6 Å². The topological polar surface area (TPSA) is 111 Å². The van der Waals surface area contributed by atoms with Gasteiger partial charge in [-0.25, -0.2) is 9.78 Å². The fraction of sp³-hybridized carbons (Fsp3) is 0.214. The van der Waals surface area contributed by atoms with E-state index in [-0.39, 0.29) is 28.7 Å². The zero-order valence-corrected chi connectivity index (χ0v) is 13.2. The molecule has 1 N–H and O–H groups in total. The molecule has 2 rings (SSSR count). The van der Waals surface area contributed by atoms with Crippen molar-refractivity contribution in [3.63, 3.8) is 0 Å². The van der Waals surface area contributed by atoms with E-state index in [2.05, 4.69) is 10.3 Å². The van der Waals surface area contributed by atoms with Crippen LogP contribution in [0, 0.1) is 17.0 Å². The van der Waals surface area contributed by atoms with Crippen LogP contribution in [-0.2, 0) is 4.74 Å². The maximum Gasteiger partial charge on any atom is 0.357 e. The third-order valence-corrected chi connectivity index (χ3v) is 3.62. The molecule has 0 spiro atoms. The molecule has 0 saturated heterocycles. The predicted octanol–water partition coefficient (Wildman–Crippen LogP) is 2.79. The number of nitrogens with one attached hydrogen (secondary N) is 1. The monoisotopic (exact) mass is 335 g/mol. The van der Waals surface area contributed by atoms with Crippen LogP contribution < -0.4 is 5.32 Å². The van der Waals surface area contributed by atoms with Crippen LogP contribution in [-0.4, -0.2) is 28.4 Å². The molecule has 1 aromatic carbocycles. The summed E-state index contributed by atoms with van der Waals surface area (Å²) in [6.45, 7) is 3.47. The smallest absolute Gasteiger partial charge is 0.357 e. The summed E-state index contributed by atoms with van der Waals surface area (Å²) in [5.74, 6) is -1.02. The molecule has 0 atom stereocenters. The van der Waals surface area contributed by atoms with Crippen LogP contribution in [0.25, 0.3) is 0 Å². The average molecular weight is 335 g/mol. The minimum absolute atomic E-state index is 0.0552. The van der Waals surface area contributed by atoms with E-state index in [9.17, 15) is 19.7 Å². The number of esters is 1. The minimum atomic E-state index is -0.560. The molecule has 8 nitrogen and oxygen atoms in total. The number of nitro groups is 1. The van der Waals surface area contributed by atoms with Gasteiger partial charge in [-0.2, -0.15) is 0 Å². The number of aromatic nitrogens is 1. The number of carbonyl (C=O) groups is 2. The Bertz CT molecular complexity index is 772. The predicted molar refractivity (Wildman–Crippen MR) is 83.9 cm³/mol. The fourth-order valence-corrected chi connectivity index (χ4v) is 2.48. The van der Waals surface area contributed by atoms with E-state index in [1.807, 2.05) is 0 Å². The molecule has 0 fully saturated rings. The quantitative estimate of drug-likeness (QED) is 0.511. The van der Waals surface area contributed by atoms with Gasteiger partial charge in [-0.05, 0) is 26.0 Å². The summed E-state index contributed by atoms with van der Waals surface area (Å²) in [7, 11) is 0. The lowest BCUT2D eigenvalue weighted by Crippen LogP contribution is -2.12. The van der Waals surface area contributed by atoms with Gasteiger partial charge in [-0.1, -0.05) is 0 Å². The Morgan fingerprint density at radius 3 is 2.78 bits per heavy atom. The van der Waals surface area contributed by atoms with Crippen LogP contribution in [0.15, 0.2) is 23.6 Å². The van der Waals surface area contributed by atoms with Gasteiger partial charge in [-0.3, -0.25) is 20.2 Å². The second kappa shape index (κ2) is 6.97. The molecule has 0 saturated carbocycles. The largest absolute Gasteiger partial charge is 0.461 e. The standard InChI is InChI=1S/C14H13N3O5S/c1-3-22-13(19)10-7-23-14(15-10)16-12(18)9-4-5-11(17(20)21)8(2)6-9/h4-7H,3H2,1-2H3,(H,15,16,18). The van der Waals surface area contributed by atoms with Crippen LogP contribution in [0.2, 0.25) is 0 Å². The SMILES string of the molecule is CCOC(=O)c1csc(NC(=O)c2ccc([N+](=O)[O-])c(C)c2)n1. The highest BCUT2D eigenvalue weighted by molar-refractivity contribution is 7.14. The van der Waals surface area contributed by atoms with Crippen molar-refractivity contribution in [2.24, 2.45) is 0 Å². The van der Waals surface area contributed by atoms with Crippen molar-refractivity contribution in [1.82, 2.24) is 4.98 Å². The summed E-state index contributed by atoms with van der Waals surface area (Å²) in [6.07, 6.45) is 0. The molecule has 23 heavy (non-hydrogen) atoms. The summed E-state index contributed by atoms with van der Waals surface area (Å²) in [4.78, 5) is 37.8. The number of amides is 1. The lowest BCUT2D eigenvalue weighted by Gasteiger charge is -2.03. The number of ether oxygens (including phenoxy) is 1. The van der Waals surface area contributed by atoms with Crippen LogP contribution in [0.5, 0.6) is 0 Å². The normalized spacial score (nSPS) is 10.2. The highest BCUT2D eigenvalue weighted by Crippen LogP contribution is 2.21. The first-order valence-electron chi connectivity index (χ1n) is 6.61. The van der Waals surface area contributed by atoms with Gasteiger partial charge in [0.05, 0.1) is 11.5 Å². The molecule has 0 aliphatic rings. The highest BCUT2D eigenvalue weighted by Gasteiger charge is 2.16. The number of hydrogen-bond acceptors (Lipinski definition) is 7. The van der Waals surface area contributed by atoms with Crippen molar-refractivity contribution in [2.45, 2.75) is 13.8 Å². The number of carbonyl (C=O) groups excluding carboxylic acids is 2. The van der Waals surface area contributed by atoms with Crippen molar-refractivity contribution in [3.8, 4) is 0 Å². The van der Waals surface area contributed by atoms with Crippen LogP contribution >= 0.6 is 11.3 Å². The van der Waals surface area contributed by atoms with Crippen molar-refractivity contribution in [1.29, 1.82) is 0 Å². The number of anilines is 1. The number of rotatable bonds is 5. The van der Waals surface area contributed by atoms with Crippen molar-refractivity contribution in [3.05, 3.63) is 50.5 Å². The van der Waals surface area contributed by atoms with Gasteiger partial charge in [0.1, 0.15) is 0 Å². The van der Waals surface area contributed by atoms with Gasteiger partial charge in [-0.15, -0.1) is 11.3 Å². The summed E-state index contributed by atoms with van der Waals surface area (Å²) in [5.41, 5.74) is 0.711. The average Bonchev–Trinajstić information content (AvgIpc) is 2.95. The minimum Gasteiger partial charge on any atom is -0.461 e. The van der Waals surface area contributed by atoms with E-state index in [1.165, 1.54) is 23.6 Å². The molecular formula is C14H13N3O5S. The molecular weight excluding hydrogens is 322 g/mol. The highest BCUT2D eigenvalue weighted by atomic mass is 32.1. The number of aryl methyl sites for hydroxylation is 1.